The highest BCUT2D eigenvalue weighted by Crippen LogP contribution is 2.24. The van der Waals surface area contributed by atoms with Gasteiger partial charge < -0.3 is 9.80 Å². The van der Waals surface area contributed by atoms with Crippen molar-refractivity contribution in [3.63, 3.8) is 0 Å². The van der Waals surface area contributed by atoms with Crippen molar-refractivity contribution >= 4 is 11.8 Å². The molecule has 1 unspecified atom stereocenters. The Morgan fingerprint density at radius 2 is 2.07 bits per heavy atom. The Bertz CT molecular complexity index is 271. The lowest BCUT2D eigenvalue weighted by molar-refractivity contribution is -0.155. The summed E-state index contributed by atoms with van der Waals surface area (Å²) in [5.41, 5.74) is 0. The second-order valence-corrected chi connectivity index (χ2v) is 4.31. The van der Waals surface area contributed by atoms with Crippen molar-refractivity contribution in [1.82, 2.24) is 9.80 Å². The lowest BCUT2D eigenvalue weighted by Gasteiger charge is -2.38. The summed E-state index contributed by atoms with van der Waals surface area (Å²) in [6.07, 6.45) is 1.81. The molecule has 2 aliphatic rings. The van der Waals surface area contributed by atoms with Gasteiger partial charge in [0.1, 0.15) is 12.6 Å². The molecule has 0 aliphatic carbocycles. The zero-order chi connectivity index (χ0) is 10.3. The lowest BCUT2D eigenvalue weighted by Crippen LogP contribution is -2.59. The zero-order valence-electron chi connectivity index (χ0n) is 8.69. The second kappa shape index (κ2) is 3.26. The first kappa shape index (κ1) is 9.49. The van der Waals surface area contributed by atoms with Crippen molar-refractivity contribution in [3.05, 3.63) is 0 Å². The van der Waals surface area contributed by atoms with Crippen LogP contribution in [0.5, 0.6) is 0 Å². The molecule has 4 heteroatoms. The van der Waals surface area contributed by atoms with Crippen molar-refractivity contribution in [3.8, 4) is 0 Å². The molecule has 4 nitrogen and oxygen atoms in total. The van der Waals surface area contributed by atoms with Crippen LogP contribution in [0.4, 0.5) is 0 Å². The van der Waals surface area contributed by atoms with Gasteiger partial charge in [-0.25, -0.2) is 0 Å². The van der Waals surface area contributed by atoms with Crippen LogP contribution in [0.15, 0.2) is 0 Å². The van der Waals surface area contributed by atoms with E-state index in [1.165, 1.54) is 0 Å². The third kappa shape index (κ3) is 1.29. The molecule has 2 aliphatic heterocycles. The van der Waals surface area contributed by atoms with Gasteiger partial charge in [0.15, 0.2) is 0 Å². The average Bonchev–Trinajstić information content (AvgIpc) is 2.59. The third-order valence-electron chi connectivity index (χ3n) is 3.07. The molecule has 0 N–H and O–H groups in total. The SMILES string of the molecule is CC(C)N1CC(=O)N2CCCC2C1=O. The first-order valence-electron chi connectivity index (χ1n) is 5.21. The van der Waals surface area contributed by atoms with Crippen LogP contribution in [-0.4, -0.2) is 46.8 Å². The van der Waals surface area contributed by atoms with Gasteiger partial charge in [0, 0.05) is 12.6 Å². The first-order valence-corrected chi connectivity index (χ1v) is 5.21. The van der Waals surface area contributed by atoms with E-state index < -0.39 is 0 Å². The van der Waals surface area contributed by atoms with Gasteiger partial charge in [-0.1, -0.05) is 0 Å². The standard InChI is InChI=1S/C10H16N2O2/c1-7(2)12-6-9(13)11-5-3-4-8(11)10(12)14/h7-8H,3-6H2,1-2H3. The van der Waals surface area contributed by atoms with Crippen molar-refractivity contribution in [2.45, 2.75) is 38.8 Å². The van der Waals surface area contributed by atoms with Gasteiger partial charge in [0.05, 0.1) is 0 Å². The fourth-order valence-electron chi connectivity index (χ4n) is 2.26. The molecule has 2 fully saturated rings. The molecular formula is C10H16N2O2. The van der Waals surface area contributed by atoms with Gasteiger partial charge in [0.25, 0.3) is 0 Å². The predicted octanol–water partition coefficient (Wildman–Crippen LogP) is 0.228. The minimum Gasteiger partial charge on any atom is -0.329 e. The van der Waals surface area contributed by atoms with E-state index in [2.05, 4.69) is 0 Å². The molecule has 0 radical (unpaired) electrons. The fourth-order valence-corrected chi connectivity index (χ4v) is 2.26. The minimum atomic E-state index is -0.154. The van der Waals surface area contributed by atoms with Crippen LogP contribution in [0.25, 0.3) is 0 Å². The van der Waals surface area contributed by atoms with Gasteiger partial charge in [-0.2, -0.15) is 0 Å². The maximum atomic E-state index is 11.9. The maximum Gasteiger partial charge on any atom is 0.246 e. The van der Waals surface area contributed by atoms with Crippen molar-refractivity contribution < 1.29 is 9.59 Å². The molecule has 0 bridgehead atoms. The summed E-state index contributed by atoms with van der Waals surface area (Å²) < 4.78 is 0. The summed E-state index contributed by atoms with van der Waals surface area (Å²) in [7, 11) is 0. The molecule has 1 atom stereocenters. The number of carbonyl (C=O) groups excluding carboxylic acids is 2. The summed E-state index contributed by atoms with van der Waals surface area (Å²) in [5.74, 6) is 0.248. The van der Waals surface area contributed by atoms with Crippen LogP contribution in [0.2, 0.25) is 0 Å². The molecular weight excluding hydrogens is 180 g/mol. The van der Waals surface area contributed by atoms with Gasteiger partial charge in [0.2, 0.25) is 11.8 Å². The Kier molecular flexibility index (Phi) is 2.21. The minimum absolute atomic E-state index is 0.112. The van der Waals surface area contributed by atoms with Crippen LogP contribution in [0.1, 0.15) is 26.7 Å². The number of carbonyl (C=O) groups is 2. The second-order valence-electron chi connectivity index (χ2n) is 4.31. The molecule has 2 heterocycles. The molecule has 2 amide bonds. The molecule has 0 spiro atoms. The molecule has 0 saturated carbocycles. The Morgan fingerprint density at radius 1 is 1.36 bits per heavy atom. The van der Waals surface area contributed by atoms with Crippen LogP contribution < -0.4 is 0 Å². The summed E-state index contributed by atoms with van der Waals surface area (Å²) >= 11 is 0. The van der Waals surface area contributed by atoms with Gasteiger partial charge in [-0.3, -0.25) is 9.59 Å². The molecule has 14 heavy (non-hydrogen) atoms. The Balaban J connectivity index is 2.20. The molecule has 0 aromatic rings. The van der Waals surface area contributed by atoms with Crippen molar-refractivity contribution in [2.75, 3.05) is 13.1 Å². The van der Waals surface area contributed by atoms with Gasteiger partial charge >= 0.3 is 0 Å². The summed E-state index contributed by atoms with van der Waals surface area (Å²) in [6.45, 7) is 4.94. The quantitative estimate of drug-likeness (QED) is 0.602. The fraction of sp³-hybridized carbons (Fsp3) is 0.800. The molecule has 2 rings (SSSR count). The normalized spacial score (nSPS) is 27.5. The van der Waals surface area contributed by atoms with Crippen LogP contribution in [0, 0.1) is 0 Å². The number of piperazine rings is 1. The molecule has 78 valence electrons. The Morgan fingerprint density at radius 3 is 2.71 bits per heavy atom. The Labute approximate surface area is 83.9 Å². The average molecular weight is 196 g/mol. The Hall–Kier alpha value is -1.06. The van der Waals surface area contributed by atoms with E-state index in [4.69, 9.17) is 0 Å². The predicted molar refractivity (Wildman–Crippen MR) is 51.6 cm³/mol. The maximum absolute atomic E-state index is 11.9. The number of fused-ring (bicyclic) bond motifs is 1. The highest BCUT2D eigenvalue weighted by molar-refractivity contribution is 5.95. The van der Waals surface area contributed by atoms with E-state index in [0.717, 1.165) is 19.4 Å². The molecule has 0 aromatic carbocycles. The van der Waals surface area contributed by atoms with Crippen LogP contribution in [-0.2, 0) is 9.59 Å². The number of amides is 2. The first-order chi connectivity index (χ1) is 6.61. The topological polar surface area (TPSA) is 40.6 Å². The number of hydrogen-bond donors (Lipinski definition) is 0. The molecule has 2 saturated heterocycles. The van der Waals surface area contributed by atoms with E-state index in [9.17, 15) is 9.59 Å². The smallest absolute Gasteiger partial charge is 0.246 e. The van der Waals surface area contributed by atoms with Crippen molar-refractivity contribution in [1.29, 1.82) is 0 Å². The molecule has 0 aromatic heterocycles. The highest BCUT2D eigenvalue weighted by atomic mass is 16.2. The van der Waals surface area contributed by atoms with E-state index in [-0.39, 0.29) is 30.4 Å². The van der Waals surface area contributed by atoms with Crippen LogP contribution in [0.3, 0.4) is 0 Å². The van der Waals surface area contributed by atoms with E-state index in [1.54, 1.807) is 9.80 Å². The van der Waals surface area contributed by atoms with E-state index >= 15 is 0 Å². The van der Waals surface area contributed by atoms with E-state index in [1.807, 2.05) is 13.8 Å². The van der Waals surface area contributed by atoms with Crippen molar-refractivity contribution in [2.24, 2.45) is 0 Å². The highest BCUT2D eigenvalue weighted by Gasteiger charge is 2.42. The summed E-state index contributed by atoms with van der Waals surface area (Å²) in [6, 6.07) is -0.0205. The number of hydrogen-bond acceptors (Lipinski definition) is 2. The number of rotatable bonds is 1. The van der Waals surface area contributed by atoms with Gasteiger partial charge in [-0.15, -0.1) is 0 Å². The summed E-state index contributed by atoms with van der Waals surface area (Å²) in [4.78, 5) is 27.0. The third-order valence-corrected chi connectivity index (χ3v) is 3.07. The van der Waals surface area contributed by atoms with E-state index in [0.29, 0.717) is 0 Å². The van der Waals surface area contributed by atoms with Gasteiger partial charge in [-0.05, 0) is 26.7 Å². The van der Waals surface area contributed by atoms with Crippen LogP contribution >= 0.6 is 0 Å². The largest absolute Gasteiger partial charge is 0.329 e. The lowest BCUT2D eigenvalue weighted by atomic mass is 10.1. The monoisotopic (exact) mass is 196 g/mol. The number of nitrogens with zero attached hydrogens (tertiary/aromatic N) is 2. The zero-order valence-corrected chi connectivity index (χ0v) is 8.69. The summed E-state index contributed by atoms with van der Waals surface area (Å²) in [5, 5.41) is 0.